The first-order chi connectivity index (χ1) is 7.91. The van der Waals surface area contributed by atoms with E-state index in [9.17, 15) is 0 Å². The molecule has 1 heterocycles. The van der Waals surface area contributed by atoms with Crippen molar-refractivity contribution in [2.45, 2.75) is 19.9 Å². The molecule has 1 aromatic rings. The first-order valence-corrected chi connectivity index (χ1v) is 6.31. The lowest BCUT2D eigenvalue weighted by molar-refractivity contribution is 0.294. The average molecular weight is 259 g/mol. The third-order valence-corrected chi connectivity index (χ3v) is 3.32. The summed E-state index contributed by atoms with van der Waals surface area (Å²) in [4.78, 5) is 4.50. The van der Waals surface area contributed by atoms with Gasteiger partial charge in [-0.25, -0.2) is 0 Å². The van der Waals surface area contributed by atoms with Gasteiger partial charge in [-0.2, -0.15) is 5.10 Å². The van der Waals surface area contributed by atoms with Gasteiger partial charge in [0.15, 0.2) is 0 Å². The van der Waals surface area contributed by atoms with Crippen molar-refractivity contribution in [1.82, 2.24) is 19.6 Å². The van der Waals surface area contributed by atoms with Crippen LogP contribution in [-0.2, 0) is 13.6 Å². The Balaban J connectivity index is 2.47. The van der Waals surface area contributed by atoms with E-state index in [-0.39, 0.29) is 0 Å². The van der Waals surface area contributed by atoms with E-state index in [1.807, 2.05) is 14.0 Å². The molecule has 0 aliphatic carbocycles. The molecule has 17 heavy (non-hydrogen) atoms. The lowest BCUT2D eigenvalue weighted by Crippen LogP contribution is -2.23. The van der Waals surface area contributed by atoms with Crippen LogP contribution in [0, 0.1) is 6.92 Å². The van der Waals surface area contributed by atoms with Crippen molar-refractivity contribution in [3.63, 3.8) is 0 Å². The molecule has 0 aromatic carbocycles. The van der Waals surface area contributed by atoms with E-state index in [0.717, 1.165) is 36.0 Å². The van der Waals surface area contributed by atoms with Crippen LogP contribution in [0.5, 0.6) is 0 Å². The Kier molecular flexibility index (Phi) is 5.43. The van der Waals surface area contributed by atoms with Crippen LogP contribution < -0.4 is 0 Å². The summed E-state index contributed by atoms with van der Waals surface area (Å²) in [6, 6.07) is 0. The van der Waals surface area contributed by atoms with Gasteiger partial charge in [0.05, 0.1) is 5.69 Å². The number of halogens is 1. The van der Waals surface area contributed by atoms with Crippen LogP contribution in [0.25, 0.3) is 0 Å². The SMILES string of the molecule is Cc1nn(C)c(Cl)c1CN(C)CCCN(C)C. The summed E-state index contributed by atoms with van der Waals surface area (Å²) < 4.78 is 1.74. The summed E-state index contributed by atoms with van der Waals surface area (Å²) in [7, 11) is 8.20. The second-order valence-corrected chi connectivity index (χ2v) is 5.23. The van der Waals surface area contributed by atoms with Gasteiger partial charge in [0.25, 0.3) is 0 Å². The molecule has 0 unspecified atom stereocenters. The Bertz CT molecular complexity index is 360. The molecular weight excluding hydrogens is 236 g/mol. The van der Waals surface area contributed by atoms with E-state index >= 15 is 0 Å². The Morgan fingerprint density at radius 3 is 2.35 bits per heavy atom. The highest BCUT2D eigenvalue weighted by Gasteiger charge is 2.12. The van der Waals surface area contributed by atoms with Gasteiger partial charge in [0, 0.05) is 19.2 Å². The third kappa shape index (κ3) is 4.30. The van der Waals surface area contributed by atoms with Crippen LogP contribution in [0.3, 0.4) is 0 Å². The first-order valence-electron chi connectivity index (χ1n) is 5.93. The highest BCUT2D eigenvalue weighted by Crippen LogP contribution is 2.19. The van der Waals surface area contributed by atoms with Crippen molar-refractivity contribution in [3.8, 4) is 0 Å². The standard InChI is InChI=1S/C12H23ClN4/c1-10-11(12(13)17(5)14-10)9-16(4)8-6-7-15(2)3/h6-9H2,1-5H3. The van der Waals surface area contributed by atoms with Crippen molar-refractivity contribution in [2.24, 2.45) is 7.05 Å². The van der Waals surface area contributed by atoms with Gasteiger partial charge < -0.3 is 9.80 Å². The van der Waals surface area contributed by atoms with E-state index in [2.05, 4.69) is 36.0 Å². The van der Waals surface area contributed by atoms with Crippen molar-refractivity contribution in [1.29, 1.82) is 0 Å². The van der Waals surface area contributed by atoms with E-state index in [1.165, 1.54) is 6.42 Å². The second-order valence-electron chi connectivity index (χ2n) is 4.87. The predicted octanol–water partition coefficient (Wildman–Crippen LogP) is 1.77. The van der Waals surface area contributed by atoms with Gasteiger partial charge in [-0.05, 0) is 47.6 Å². The van der Waals surface area contributed by atoms with Crippen molar-refractivity contribution in [2.75, 3.05) is 34.2 Å². The van der Waals surface area contributed by atoms with Gasteiger partial charge in [-0.3, -0.25) is 4.68 Å². The molecule has 0 saturated carbocycles. The molecular formula is C12H23ClN4. The molecule has 1 aromatic heterocycles. The molecule has 0 radical (unpaired) electrons. The average Bonchev–Trinajstić information content (AvgIpc) is 2.44. The van der Waals surface area contributed by atoms with Crippen LogP contribution in [0.1, 0.15) is 17.7 Å². The largest absolute Gasteiger partial charge is 0.309 e. The number of rotatable bonds is 6. The van der Waals surface area contributed by atoms with Crippen molar-refractivity contribution >= 4 is 11.6 Å². The molecule has 0 fully saturated rings. The topological polar surface area (TPSA) is 24.3 Å². The second kappa shape index (κ2) is 6.38. The Morgan fingerprint density at radius 1 is 1.24 bits per heavy atom. The molecule has 1 rings (SSSR count). The fourth-order valence-corrected chi connectivity index (χ4v) is 2.09. The highest BCUT2D eigenvalue weighted by atomic mass is 35.5. The zero-order valence-corrected chi connectivity index (χ0v) is 12.3. The molecule has 98 valence electrons. The minimum atomic E-state index is 0.752. The van der Waals surface area contributed by atoms with Crippen LogP contribution in [-0.4, -0.2) is 53.8 Å². The van der Waals surface area contributed by atoms with Gasteiger partial charge in [-0.1, -0.05) is 11.6 Å². The van der Waals surface area contributed by atoms with E-state index < -0.39 is 0 Å². The summed E-state index contributed by atoms with van der Waals surface area (Å²) in [5.74, 6) is 0. The van der Waals surface area contributed by atoms with Gasteiger partial charge >= 0.3 is 0 Å². The molecule has 0 saturated heterocycles. The summed E-state index contributed by atoms with van der Waals surface area (Å²) >= 11 is 6.21. The fourth-order valence-electron chi connectivity index (χ4n) is 1.86. The van der Waals surface area contributed by atoms with Crippen molar-refractivity contribution in [3.05, 3.63) is 16.4 Å². The molecule has 0 spiro atoms. The zero-order chi connectivity index (χ0) is 13.0. The van der Waals surface area contributed by atoms with E-state index in [4.69, 9.17) is 11.6 Å². The fraction of sp³-hybridized carbons (Fsp3) is 0.750. The zero-order valence-electron chi connectivity index (χ0n) is 11.5. The number of hydrogen-bond acceptors (Lipinski definition) is 3. The first kappa shape index (κ1) is 14.5. The van der Waals surface area contributed by atoms with Gasteiger partial charge in [0.1, 0.15) is 5.15 Å². The monoisotopic (exact) mass is 258 g/mol. The Hall–Kier alpha value is -0.580. The van der Waals surface area contributed by atoms with Crippen LogP contribution in [0.15, 0.2) is 0 Å². The maximum absolute atomic E-state index is 6.21. The maximum Gasteiger partial charge on any atom is 0.131 e. The molecule has 5 heteroatoms. The quantitative estimate of drug-likeness (QED) is 0.777. The minimum absolute atomic E-state index is 0.752. The predicted molar refractivity (Wildman–Crippen MR) is 72.5 cm³/mol. The number of nitrogens with zero attached hydrogens (tertiary/aromatic N) is 4. The summed E-state index contributed by atoms with van der Waals surface area (Å²) in [6.45, 7) is 5.06. The normalized spacial score (nSPS) is 11.8. The number of hydrogen-bond donors (Lipinski definition) is 0. The highest BCUT2D eigenvalue weighted by molar-refractivity contribution is 6.30. The van der Waals surface area contributed by atoms with Crippen LogP contribution in [0.2, 0.25) is 5.15 Å². The number of aromatic nitrogens is 2. The molecule has 0 bridgehead atoms. The summed E-state index contributed by atoms with van der Waals surface area (Å²) in [5.41, 5.74) is 2.17. The summed E-state index contributed by atoms with van der Waals surface area (Å²) in [6.07, 6.45) is 1.17. The summed E-state index contributed by atoms with van der Waals surface area (Å²) in [5, 5.41) is 5.07. The van der Waals surface area contributed by atoms with Crippen LogP contribution in [0.4, 0.5) is 0 Å². The lowest BCUT2D eigenvalue weighted by Gasteiger charge is -2.18. The third-order valence-electron chi connectivity index (χ3n) is 2.84. The molecule has 0 aliphatic rings. The minimum Gasteiger partial charge on any atom is -0.309 e. The van der Waals surface area contributed by atoms with Crippen molar-refractivity contribution < 1.29 is 0 Å². The van der Waals surface area contributed by atoms with Crippen LogP contribution >= 0.6 is 11.6 Å². The lowest BCUT2D eigenvalue weighted by atomic mass is 10.2. The van der Waals surface area contributed by atoms with E-state index in [1.54, 1.807) is 4.68 Å². The molecule has 0 atom stereocenters. The number of aryl methyl sites for hydroxylation is 2. The molecule has 0 aliphatic heterocycles. The molecule has 0 amide bonds. The Labute approximate surface area is 109 Å². The molecule has 4 nitrogen and oxygen atoms in total. The maximum atomic E-state index is 6.21. The smallest absolute Gasteiger partial charge is 0.131 e. The Morgan fingerprint density at radius 2 is 1.88 bits per heavy atom. The van der Waals surface area contributed by atoms with Gasteiger partial charge in [0.2, 0.25) is 0 Å². The van der Waals surface area contributed by atoms with E-state index in [0.29, 0.717) is 0 Å². The molecule has 0 N–H and O–H groups in total. The van der Waals surface area contributed by atoms with Gasteiger partial charge in [-0.15, -0.1) is 0 Å².